The number of aliphatic hydroxyl groups is 2. The molecule has 1 amide bonds. The van der Waals surface area contributed by atoms with Crippen molar-refractivity contribution >= 4 is 11.9 Å². The number of hydrogen-bond donors (Lipinski definition) is 3. The van der Waals surface area contributed by atoms with E-state index in [9.17, 15) is 19.8 Å². The van der Waals surface area contributed by atoms with Crippen LogP contribution in [0.3, 0.4) is 0 Å². The Morgan fingerprint density at radius 3 is 1.08 bits per heavy atom. The van der Waals surface area contributed by atoms with E-state index in [-0.39, 0.29) is 18.5 Å². The summed E-state index contributed by atoms with van der Waals surface area (Å²) in [5.74, 6) is -0.137. The minimum Gasteiger partial charge on any atom is -0.466 e. The number of aliphatic hydroxyl groups excluding tert-OH is 2. The maximum atomic E-state index is 12.5. The Morgan fingerprint density at radius 2 is 0.699 bits per heavy atom. The van der Waals surface area contributed by atoms with E-state index in [0.717, 1.165) is 57.8 Å². The van der Waals surface area contributed by atoms with Gasteiger partial charge in [-0.3, -0.25) is 9.59 Å². The Kier molecular flexibility index (Phi) is 60.5. The van der Waals surface area contributed by atoms with Crippen LogP contribution in [0.2, 0.25) is 0 Å². The summed E-state index contributed by atoms with van der Waals surface area (Å²) in [5.41, 5.74) is 0. The summed E-state index contributed by atoms with van der Waals surface area (Å²) in [6, 6.07) is -0.589. The second kappa shape index (κ2) is 62.4. The van der Waals surface area contributed by atoms with Gasteiger partial charge in [0.2, 0.25) is 5.91 Å². The van der Waals surface area contributed by atoms with E-state index in [1.807, 2.05) is 6.08 Å². The first kappa shape index (κ1) is 70.8. The van der Waals surface area contributed by atoms with Crippen LogP contribution in [0.25, 0.3) is 0 Å². The summed E-state index contributed by atoms with van der Waals surface area (Å²) in [5, 5.41) is 23.3. The quantitative estimate of drug-likeness (QED) is 0.0320. The third kappa shape index (κ3) is 58.9. The Labute approximate surface area is 455 Å². The van der Waals surface area contributed by atoms with Crippen molar-refractivity contribution in [3.8, 4) is 0 Å². The fourth-order valence-electron chi connectivity index (χ4n) is 9.90. The van der Waals surface area contributed by atoms with Gasteiger partial charge >= 0.3 is 5.97 Å². The van der Waals surface area contributed by atoms with Crippen molar-refractivity contribution in [2.24, 2.45) is 0 Å². The highest BCUT2D eigenvalue weighted by Crippen LogP contribution is 2.18. The Morgan fingerprint density at radius 1 is 0.384 bits per heavy atom. The van der Waals surface area contributed by atoms with Crippen molar-refractivity contribution in [1.82, 2.24) is 5.32 Å². The van der Waals surface area contributed by atoms with Crippen LogP contribution in [-0.2, 0) is 14.3 Å². The minimum atomic E-state index is -0.702. The van der Waals surface area contributed by atoms with Crippen molar-refractivity contribution in [2.45, 2.75) is 353 Å². The minimum absolute atomic E-state index is 0.0238. The van der Waals surface area contributed by atoms with Crippen LogP contribution in [0.1, 0.15) is 341 Å². The highest BCUT2D eigenvalue weighted by molar-refractivity contribution is 5.76. The lowest BCUT2D eigenvalue weighted by atomic mass is 10.0. The van der Waals surface area contributed by atoms with Crippen molar-refractivity contribution in [3.05, 3.63) is 48.6 Å². The van der Waals surface area contributed by atoms with Crippen LogP contribution < -0.4 is 5.32 Å². The van der Waals surface area contributed by atoms with Crippen molar-refractivity contribution in [2.75, 3.05) is 13.2 Å². The third-order valence-electron chi connectivity index (χ3n) is 14.9. The summed E-state index contributed by atoms with van der Waals surface area (Å²) in [6.07, 6.45) is 80.0. The molecule has 0 aromatic carbocycles. The van der Waals surface area contributed by atoms with Gasteiger partial charge in [0.05, 0.1) is 25.4 Å². The molecular weight excluding hydrogens is 899 g/mol. The first-order valence-electron chi connectivity index (χ1n) is 32.4. The molecule has 0 spiro atoms. The van der Waals surface area contributed by atoms with Crippen molar-refractivity contribution < 1.29 is 24.5 Å². The van der Waals surface area contributed by atoms with Crippen LogP contribution in [0.5, 0.6) is 0 Å². The predicted molar refractivity (Wildman–Crippen MR) is 319 cm³/mol. The number of rotatable bonds is 60. The van der Waals surface area contributed by atoms with E-state index in [2.05, 4.69) is 61.7 Å². The summed E-state index contributed by atoms with van der Waals surface area (Å²) < 4.78 is 5.47. The summed E-state index contributed by atoms with van der Waals surface area (Å²) >= 11 is 0. The van der Waals surface area contributed by atoms with Gasteiger partial charge in [-0.25, -0.2) is 0 Å². The molecule has 0 rings (SSSR count). The Hall–Kier alpha value is -2.18. The van der Waals surface area contributed by atoms with Gasteiger partial charge in [0, 0.05) is 12.8 Å². The van der Waals surface area contributed by atoms with E-state index in [4.69, 9.17) is 4.74 Å². The third-order valence-corrected chi connectivity index (χ3v) is 14.9. The molecule has 6 heteroatoms. The molecule has 2 atom stereocenters. The largest absolute Gasteiger partial charge is 0.466 e. The van der Waals surface area contributed by atoms with Crippen LogP contribution in [0.4, 0.5) is 0 Å². The molecule has 0 heterocycles. The molecule has 0 aliphatic carbocycles. The molecule has 0 aliphatic rings. The predicted octanol–water partition coefficient (Wildman–Crippen LogP) is 20.5. The van der Waals surface area contributed by atoms with E-state index in [1.165, 1.54) is 244 Å². The molecule has 0 bridgehead atoms. The van der Waals surface area contributed by atoms with Crippen molar-refractivity contribution in [3.63, 3.8) is 0 Å². The first-order chi connectivity index (χ1) is 36.0. The molecule has 73 heavy (non-hydrogen) atoms. The van der Waals surface area contributed by atoms with Gasteiger partial charge in [0.25, 0.3) is 0 Å². The van der Waals surface area contributed by atoms with E-state index < -0.39 is 12.1 Å². The molecule has 0 aliphatic heterocycles. The van der Waals surface area contributed by atoms with Crippen LogP contribution >= 0.6 is 0 Å². The highest BCUT2D eigenvalue weighted by Gasteiger charge is 2.20. The number of hydrogen-bond acceptors (Lipinski definition) is 5. The smallest absolute Gasteiger partial charge is 0.305 e. The Bertz CT molecular complexity index is 1230. The second-order valence-corrected chi connectivity index (χ2v) is 22.1. The second-order valence-electron chi connectivity index (χ2n) is 22.1. The van der Waals surface area contributed by atoms with Gasteiger partial charge in [-0.1, -0.05) is 300 Å². The molecule has 3 N–H and O–H groups in total. The Balaban J connectivity index is 3.52. The van der Waals surface area contributed by atoms with Crippen LogP contribution in [0.15, 0.2) is 48.6 Å². The standard InChI is InChI=1S/C67H125NO5/c1-3-5-7-9-11-13-15-17-19-21-23-24-25-26-27-28-29-30-32-35-39-43-47-51-55-59-65(70)64(63-69)68-66(71)60-56-52-48-44-40-36-34-38-42-46-50-54-58-62-73-67(72)61-57-53-49-45-41-37-33-31-22-20-18-16-14-12-10-8-6-4-2/h14,16,20,22,36,40,48,52,64-65,69-70H,3-13,15,17-19,21,23-35,37-39,41-47,49-51,53-63H2,1-2H3,(H,68,71)/b16-14-,22-20-,40-36-,52-48-. The van der Waals surface area contributed by atoms with Crippen LogP contribution in [0, 0.1) is 0 Å². The average molecular weight is 1020 g/mol. The van der Waals surface area contributed by atoms with E-state index in [1.54, 1.807) is 0 Å². The molecule has 0 fully saturated rings. The zero-order valence-corrected chi connectivity index (χ0v) is 48.9. The first-order valence-corrected chi connectivity index (χ1v) is 32.4. The summed E-state index contributed by atoms with van der Waals surface area (Å²) in [6.45, 7) is 4.89. The van der Waals surface area contributed by atoms with Gasteiger partial charge in [0.15, 0.2) is 0 Å². The van der Waals surface area contributed by atoms with Gasteiger partial charge < -0.3 is 20.3 Å². The number of carbonyl (C=O) groups is 2. The molecule has 0 radical (unpaired) electrons. The van der Waals surface area contributed by atoms with E-state index >= 15 is 0 Å². The van der Waals surface area contributed by atoms with Crippen molar-refractivity contribution in [1.29, 1.82) is 0 Å². The summed E-state index contributed by atoms with van der Waals surface area (Å²) in [7, 11) is 0. The number of unbranched alkanes of at least 4 members (excludes halogenated alkanes) is 41. The molecule has 6 nitrogen and oxygen atoms in total. The molecule has 0 saturated heterocycles. The normalized spacial score (nSPS) is 12.9. The van der Waals surface area contributed by atoms with Gasteiger partial charge in [-0.2, -0.15) is 0 Å². The topological polar surface area (TPSA) is 95.9 Å². The maximum Gasteiger partial charge on any atom is 0.305 e. The summed E-state index contributed by atoms with van der Waals surface area (Å²) in [4.78, 5) is 24.6. The SMILES string of the molecule is CCCCCC/C=C\C/C=C\CCCCCCCCCC(=O)OCCCCCCCC/C=C\C/C=C\CCC(=O)NC(CO)C(O)CCCCCCCCCCCCCCCCCCCCCCCCCCC. The number of ether oxygens (including phenoxy) is 1. The van der Waals surface area contributed by atoms with Gasteiger partial charge in [0.1, 0.15) is 0 Å². The average Bonchev–Trinajstić information content (AvgIpc) is 3.39. The number of carbonyl (C=O) groups excluding carboxylic acids is 2. The van der Waals surface area contributed by atoms with Crippen LogP contribution in [-0.4, -0.2) is 47.4 Å². The zero-order valence-electron chi connectivity index (χ0n) is 48.9. The molecule has 428 valence electrons. The monoisotopic (exact) mass is 1020 g/mol. The molecule has 0 aromatic rings. The fourth-order valence-corrected chi connectivity index (χ4v) is 9.90. The molecule has 0 aromatic heterocycles. The molecular formula is C67H125NO5. The lowest BCUT2D eigenvalue weighted by molar-refractivity contribution is -0.143. The number of allylic oxidation sites excluding steroid dienone is 8. The number of amides is 1. The highest BCUT2D eigenvalue weighted by atomic mass is 16.5. The molecule has 2 unspecified atom stereocenters. The maximum absolute atomic E-state index is 12.5. The van der Waals surface area contributed by atoms with Gasteiger partial charge in [-0.05, 0) is 77.0 Å². The number of nitrogens with one attached hydrogen (secondary N) is 1. The van der Waals surface area contributed by atoms with Gasteiger partial charge in [-0.15, -0.1) is 0 Å². The lowest BCUT2D eigenvalue weighted by Crippen LogP contribution is -2.45. The lowest BCUT2D eigenvalue weighted by Gasteiger charge is -2.22. The molecule has 0 saturated carbocycles. The number of esters is 1. The fraction of sp³-hybridized carbons (Fsp3) is 0.851. The zero-order chi connectivity index (χ0) is 52.9. The van der Waals surface area contributed by atoms with E-state index in [0.29, 0.717) is 32.3 Å².